The molecule has 118 valence electrons. The molecule has 0 bridgehead atoms. The average molecular weight is 304 g/mol. The fourth-order valence-electron chi connectivity index (χ4n) is 3.62. The van der Waals surface area contributed by atoms with Gasteiger partial charge in [-0.2, -0.15) is 0 Å². The quantitative estimate of drug-likeness (QED) is 0.788. The molecular formula is C14H28N2O3S. The Morgan fingerprint density at radius 3 is 2.60 bits per heavy atom. The highest BCUT2D eigenvalue weighted by molar-refractivity contribution is 7.89. The lowest BCUT2D eigenvalue weighted by Crippen LogP contribution is -2.53. The van der Waals surface area contributed by atoms with Gasteiger partial charge in [-0.05, 0) is 37.6 Å². The third-order valence-electron chi connectivity index (χ3n) is 5.14. The van der Waals surface area contributed by atoms with E-state index < -0.39 is 10.0 Å². The summed E-state index contributed by atoms with van der Waals surface area (Å²) in [5.74, 6) is 0.554. The molecular weight excluding hydrogens is 276 g/mol. The summed E-state index contributed by atoms with van der Waals surface area (Å²) in [6, 6.07) is 0. The molecule has 2 N–H and O–H groups in total. The Labute approximate surface area is 122 Å². The number of sulfonamides is 1. The molecule has 2 heterocycles. The maximum atomic E-state index is 12.2. The zero-order chi connectivity index (χ0) is 14.6. The van der Waals surface area contributed by atoms with Crippen LogP contribution < -0.4 is 5.32 Å². The molecule has 1 spiro atoms. The van der Waals surface area contributed by atoms with Crippen LogP contribution in [0.25, 0.3) is 0 Å². The second-order valence-electron chi connectivity index (χ2n) is 6.26. The monoisotopic (exact) mass is 304 g/mol. The van der Waals surface area contributed by atoms with E-state index >= 15 is 0 Å². The number of hydrogen-bond donors (Lipinski definition) is 2. The van der Waals surface area contributed by atoms with Crippen molar-refractivity contribution in [2.45, 2.75) is 39.0 Å². The lowest BCUT2D eigenvalue weighted by molar-refractivity contribution is 0.0127. The maximum Gasteiger partial charge on any atom is 0.214 e. The molecule has 0 aromatic carbocycles. The van der Waals surface area contributed by atoms with Gasteiger partial charge < -0.3 is 10.4 Å². The standard InChI is InChI=1S/C14H28N2O3S/c1-2-3-10-20(18,19)16-8-5-14(6-9-16)4-7-15-11-13(14)12-17/h13,15,17H,2-12H2,1H3. The first-order chi connectivity index (χ1) is 9.54. The van der Waals surface area contributed by atoms with Crippen LogP contribution in [0.2, 0.25) is 0 Å². The third-order valence-corrected chi connectivity index (χ3v) is 7.10. The number of hydrogen-bond acceptors (Lipinski definition) is 4. The first-order valence-corrected chi connectivity index (χ1v) is 9.44. The van der Waals surface area contributed by atoms with Gasteiger partial charge in [0, 0.05) is 32.2 Å². The predicted molar refractivity (Wildman–Crippen MR) is 80.0 cm³/mol. The smallest absolute Gasteiger partial charge is 0.214 e. The van der Waals surface area contributed by atoms with Gasteiger partial charge in [-0.1, -0.05) is 13.3 Å². The van der Waals surface area contributed by atoms with Crippen LogP contribution in [0, 0.1) is 11.3 Å². The van der Waals surface area contributed by atoms with Crippen LogP contribution >= 0.6 is 0 Å². The molecule has 0 aromatic rings. The Hall–Kier alpha value is -0.170. The predicted octanol–water partition coefficient (Wildman–Crippen LogP) is 0.800. The van der Waals surface area contributed by atoms with Gasteiger partial charge in [-0.15, -0.1) is 0 Å². The fraction of sp³-hybridized carbons (Fsp3) is 1.00. The molecule has 0 aliphatic carbocycles. The lowest BCUT2D eigenvalue weighted by atomic mass is 9.65. The number of piperidine rings is 2. The average Bonchev–Trinajstić information content (AvgIpc) is 2.46. The molecule has 20 heavy (non-hydrogen) atoms. The van der Waals surface area contributed by atoms with Gasteiger partial charge in [0.15, 0.2) is 0 Å². The first-order valence-electron chi connectivity index (χ1n) is 7.83. The van der Waals surface area contributed by atoms with Crippen LogP contribution in [0.15, 0.2) is 0 Å². The molecule has 2 fully saturated rings. The molecule has 2 aliphatic rings. The van der Waals surface area contributed by atoms with Crippen molar-refractivity contribution in [1.82, 2.24) is 9.62 Å². The number of nitrogens with one attached hydrogen (secondary N) is 1. The van der Waals surface area contributed by atoms with Crippen molar-refractivity contribution in [3.63, 3.8) is 0 Å². The van der Waals surface area contributed by atoms with Crippen LogP contribution in [0.3, 0.4) is 0 Å². The van der Waals surface area contributed by atoms with Crippen molar-refractivity contribution in [3.8, 4) is 0 Å². The first kappa shape index (κ1) is 16.2. The highest BCUT2D eigenvalue weighted by Crippen LogP contribution is 2.43. The maximum absolute atomic E-state index is 12.2. The number of rotatable bonds is 5. The topological polar surface area (TPSA) is 69.6 Å². The Kier molecular flexibility index (Phi) is 5.45. The van der Waals surface area contributed by atoms with E-state index in [-0.39, 0.29) is 23.7 Å². The second kappa shape index (κ2) is 6.73. The molecule has 2 aliphatic heterocycles. The van der Waals surface area contributed by atoms with E-state index in [4.69, 9.17) is 0 Å². The van der Waals surface area contributed by atoms with Crippen LogP contribution in [0.5, 0.6) is 0 Å². The number of aliphatic hydroxyl groups is 1. The largest absolute Gasteiger partial charge is 0.396 e. The molecule has 6 heteroatoms. The van der Waals surface area contributed by atoms with Gasteiger partial charge in [0.2, 0.25) is 10.0 Å². The molecule has 2 rings (SSSR count). The minimum Gasteiger partial charge on any atom is -0.396 e. The highest BCUT2D eigenvalue weighted by atomic mass is 32.2. The SMILES string of the molecule is CCCCS(=O)(=O)N1CCC2(CCNCC2CO)CC1. The molecule has 0 amide bonds. The van der Waals surface area contributed by atoms with Crippen LogP contribution in [0.1, 0.15) is 39.0 Å². The van der Waals surface area contributed by atoms with Crippen molar-refractivity contribution >= 4 is 10.0 Å². The van der Waals surface area contributed by atoms with Gasteiger partial charge in [0.25, 0.3) is 0 Å². The summed E-state index contributed by atoms with van der Waals surface area (Å²) in [7, 11) is -3.07. The zero-order valence-corrected chi connectivity index (χ0v) is 13.3. The normalized spacial score (nSPS) is 27.8. The Bertz CT molecular complexity index is 403. The molecule has 0 aromatic heterocycles. The van der Waals surface area contributed by atoms with Crippen molar-refractivity contribution in [3.05, 3.63) is 0 Å². The van der Waals surface area contributed by atoms with E-state index in [0.717, 1.165) is 45.2 Å². The minimum atomic E-state index is -3.07. The van der Waals surface area contributed by atoms with Crippen molar-refractivity contribution in [2.75, 3.05) is 38.5 Å². The van der Waals surface area contributed by atoms with E-state index in [1.165, 1.54) is 0 Å². The number of aliphatic hydroxyl groups excluding tert-OH is 1. The van der Waals surface area contributed by atoms with Crippen LogP contribution in [0.4, 0.5) is 0 Å². The Morgan fingerprint density at radius 1 is 1.30 bits per heavy atom. The number of nitrogens with zero attached hydrogens (tertiary/aromatic N) is 1. The van der Waals surface area contributed by atoms with Crippen LogP contribution in [-0.4, -0.2) is 56.4 Å². The summed E-state index contributed by atoms with van der Waals surface area (Å²) >= 11 is 0. The Morgan fingerprint density at radius 2 is 2.00 bits per heavy atom. The molecule has 0 saturated carbocycles. The molecule has 1 atom stereocenters. The summed E-state index contributed by atoms with van der Waals surface area (Å²) in [4.78, 5) is 0. The molecule has 0 radical (unpaired) electrons. The summed E-state index contributed by atoms with van der Waals surface area (Å²) in [5.41, 5.74) is 0.150. The minimum absolute atomic E-state index is 0.150. The molecule has 2 saturated heterocycles. The zero-order valence-electron chi connectivity index (χ0n) is 12.5. The van der Waals surface area contributed by atoms with E-state index in [2.05, 4.69) is 5.32 Å². The number of unbranched alkanes of at least 4 members (excludes halogenated alkanes) is 1. The van der Waals surface area contributed by atoms with Gasteiger partial charge in [-0.3, -0.25) is 0 Å². The van der Waals surface area contributed by atoms with E-state index in [1.807, 2.05) is 6.92 Å². The summed E-state index contributed by atoms with van der Waals surface area (Å²) in [6.07, 6.45) is 4.50. The second-order valence-corrected chi connectivity index (χ2v) is 8.35. The van der Waals surface area contributed by atoms with Crippen LogP contribution in [-0.2, 0) is 10.0 Å². The third kappa shape index (κ3) is 3.35. The molecule has 1 unspecified atom stereocenters. The van der Waals surface area contributed by atoms with Gasteiger partial charge >= 0.3 is 0 Å². The summed E-state index contributed by atoms with van der Waals surface area (Å²) in [5, 5.41) is 12.9. The molecule has 5 nitrogen and oxygen atoms in total. The highest BCUT2D eigenvalue weighted by Gasteiger charge is 2.44. The van der Waals surface area contributed by atoms with Gasteiger partial charge in [-0.25, -0.2) is 12.7 Å². The van der Waals surface area contributed by atoms with Crippen molar-refractivity contribution in [1.29, 1.82) is 0 Å². The summed E-state index contributed by atoms with van der Waals surface area (Å²) in [6.45, 7) is 5.32. The van der Waals surface area contributed by atoms with E-state index in [0.29, 0.717) is 13.1 Å². The Balaban J connectivity index is 1.97. The van der Waals surface area contributed by atoms with Crippen molar-refractivity contribution in [2.24, 2.45) is 11.3 Å². The summed E-state index contributed by atoms with van der Waals surface area (Å²) < 4.78 is 26.1. The lowest BCUT2D eigenvalue weighted by Gasteiger charge is -2.48. The van der Waals surface area contributed by atoms with E-state index in [9.17, 15) is 13.5 Å². The van der Waals surface area contributed by atoms with Gasteiger partial charge in [0.1, 0.15) is 0 Å². The van der Waals surface area contributed by atoms with E-state index in [1.54, 1.807) is 4.31 Å². The van der Waals surface area contributed by atoms with Crippen molar-refractivity contribution < 1.29 is 13.5 Å². The fourth-order valence-corrected chi connectivity index (χ4v) is 5.27. The van der Waals surface area contributed by atoms with Gasteiger partial charge in [0.05, 0.1) is 5.75 Å².